The van der Waals surface area contributed by atoms with Gasteiger partial charge in [-0.3, -0.25) is 9.20 Å². The van der Waals surface area contributed by atoms with Crippen LogP contribution in [0.4, 0.5) is 0 Å². The van der Waals surface area contributed by atoms with Gasteiger partial charge in [-0.05, 0) is 52.2 Å². The van der Waals surface area contributed by atoms with Crippen LogP contribution in [-0.4, -0.2) is 33.8 Å². The van der Waals surface area contributed by atoms with Crippen molar-refractivity contribution in [3.05, 3.63) is 35.4 Å². The molecule has 24 heavy (non-hydrogen) atoms. The van der Waals surface area contributed by atoms with E-state index in [2.05, 4.69) is 53.7 Å². The van der Waals surface area contributed by atoms with Crippen LogP contribution in [0, 0.1) is 0 Å². The van der Waals surface area contributed by atoms with Gasteiger partial charge < -0.3 is 10.6 Å². The predicted molar refractivity (Wildman–Crippen MR) is 106 cm³/mol. The summed E-state index contributed by atoms with van der Waals surface area (Å²) in [5, 5.41) is 6.68. The quantitative estimate of drug-likeness (QED) is 0.585. The van der Waals surface area contributed by atoms with Gasteiger partial charge in [0.2, 0.25) is 0 Å². The smallest absolute Gasteiger partial charge is 0.191 e. The molecule has 2 N–H and O–H groups in total. The van der Waals surface area contributed by atoms with E-state index in [4.69, 9.17) is 0 Å². The van der Waals surface area contributed by atoms with Crippen molar-refractivity contribution >= 4 is 16.8 Å². The Balaban J connectivity index is 2.66. The molecule has 0 fully saturated rings. The molecule has 0 aliphatic carbocycles. The summed E-state index contributed by atoms with van der Waals surface area (Å²) in [6.45, 7) is 13.7. The largest absolute Gasteiger partial charge is 0.357 e. The fraction of sp³-hybridized carbons (Fsp3) is 0.632. The standard InChI is InChI=1S/C19H33N3OS/c1-7-16-9-11-17(12-10-16)15(3)22-18(20-8-2)21-13-14-24(23)19(4,5)6/h9-12,15H,7-8,13-14H2,1-6H3,(H2,20,21,22). The number of rotatable bonds is 7. The van der Waals surface area contributed by atoms with Gasteiger partial charge in [-0.15, -0.1) is 0 Å². The number of guanidine groups is 1. The first-order valence-electron chi connectivity index (χ1n) is 8.80. The maximum absolute atomic E-state index is 12.1. The molecule has 1 aromatic rings. The summed E-state index contributed by atoms with van der Waals surface area (Å²) >= 11 is 0. The Morgan fingerprint density at radius 1 is 1.21 bits per heavy atom. The second-order valence-corrected chi connectivity index (χ2v) is 9.21. The molecule has 0 aromatic heterocycles. The lowest BCUT2D eigenvalue weighted by molar-refractivity contribution is 0.648. The van der Waals surface area contributed by atoms with E-state index >= 15 is 0 Å². The minimum Gasteiger partial charge on any atom is -0.357 e. The summed E-state index contributed by atoms with van der Waals surface area (Å²) in [5.74, 6) is 1.36. The van der Waals surface area contributed by atoms with Gasteiger partial charge in [0.05, 0.1) is 12.6 Å². The van der Waals surface area contributed by atoms with Crippen molar-refractivity contribution < 1.29 is 4.21 Å². The van der Waals surface area contributed by atoms with E-state index in [0.717, 1.165) is 18.9 Å². The molecule has 5 heteroatoms. The fourth-order valence-corrected chi connectivity index (χ4v) is 3.07. The minimum absolute atomic E-state index is 0.168. The van der Waals surface area contributed by atoms with Crippen molar-refractivity contribution in [2.75, 3.05) is 18.8 Å². The van der Waals surface area contributed by atoms with Crippen LogP contribution in [0.1, 0.15) is 58.7 Å². The molecule has 0 bridgehead atoms. The summed E-state index contributed by atoms with van der Waals surface area (Å²) in [4.78, 5) is 4.57. The lowest BCUT2D eigenvalue weighted by Gasteiger charge is -2.19. The average Bonchev–Trinajstić information content (AvgIpc) is 2.54. The maximum atomic E-state index is 12.1. The van der Waals surface area contributed by atoms with E-state index in [1.54, 1.807) is 0 Å². The Morgan fingerprint density at radius 2 is 1.83 bits per heavy atom. The van der Waals surface area contributed by atoms with Gasteiger partial charge in [0.25, 0.3) is 0 Å². The van der Waals surface area contributed by atoms with Crippen LogP contribution in [0.15, 0.2) is 29.3 Å². The molecule has 0 saturated heterocycles. The Bertz CT molecular complexity index is 547. The topological polar surface area (TPSA) is 53.5 Å². The van der Waals surface area contributed by atoms with E-state index in [9.17, 15) is 4.21 Å². The number of hydrogen-bond donors (Lipinski definition) is 2. The summed E-state index contributed by atoms with van der Waals surface area (Å²) in [6.07, 6.45) is 1.05. The lowest BCUT2D eigenvalue weighted by atomic mass is 10.1. The zero-order valence-electron chi connectivity index (χ0n) is 16.0. The molecular formula is C19H33N3OS. The highest BCUT2D eigenvalue weighted by atomic mass is 32.2. The van der Waals surface area contributed by atoms with Gasteiger partial charge in [-0.1, -0.05) is 31.2 Å². The normalized spacial score (nSPS) is 15.0. The average molecular weight is 352 g/mol. The van der Waals surface area contributed by atoms with Crippen molar-refractivity contribution in [1.82, 2.24) is 10.6 Å². The van der Waals surface area contributed by atoms with E-state index in [0.29, 0.717) is 12.3 Å². The van der Waals surface area contributed by atoms with E-state index < -0.39 is 10.8 Å². The SMILES string of the molecule is CCNC(=NCCS(=O)C(C)(C)C)NC(C)c1ccc(CC)cc1. The molecule has 4 nitrogen and oxygen atoms in total. The number of benzene rings is 1. The van der Waals surface area contributed by atoms with E-state index in [1.165, 1.54) is 11.1 Å². The number of nitrogens with zero attached hydrogens (tertiary/aromatic N) is 1. The number of nitrogens with one attached hydrogen (secondary N) is 2. The number of hydrogen-bond acceptors (Lipinski definition) is 2. The monoisotopic (exact) mass is 351 g/mol. The van der Waals surface area contributed by atoms with Crippen LogP contribution < -0.4 is 10.6 Å². The molecule has 1 rings (SSSR count). The zero-order valence-corrected chi connectivity index (χ0v) is 16.8. The first kappa shape index (κ1) is 20.7. The summed E-state index contributed by atoms with van der Waals surface area (Å²) in [5.41, 5.74) is 2.58. The molecule has 0 radical (unpaired) electrons. The summed E-state index contributed by atoms with van der Waals surface area (Å²) < 4.78 is 11.9. The summed E-state index contributed by atoms with van der Waals surface area (Å²) in [7, 11) is -0.873. The molecule has 0 saturated carbocycles. The number of aliphatic imine (C=N–C) groups is 1. The Kier molecular flexibility index (Phi) is 8.46. The van der Waals surface area contributed by atoms with E-state index in [-0.39, 0.29) is 10.8 Å². The molecular weight excluding hydrogens is 318 g/mol. The van der Waals surface area contributed by atoms with Crippen molar-refractivity contribution in [1.29, 1.82) is 0 Å². The highest BCUT2D eigenvalue weighted by molar-refractivity contribution is 7.86. The van der Waals surface area contributed by atoms with Gasteiger partial charge in [0.15, 0.2) is 5.96 Å². The molecule has 136 valence electrons. The Morgan fingerprint density at radius 3 is 2.33 bits per heavy atom. The molecule has 2 atom stereocenters. The second-order valence-electron chi connectivity index (χ2n) is 6.88. The van der Waals surface area contributed by atoms with Crippen LogP contribution in [0.3, 0.4) is 0 Å². The van der Waals surface area contributed by atoms with Crippen LogP contribution in [0.5, 0.6) is 0 Å². The third-order valence-electron chi connectivity index (χ3n) is 3.82. The van der Waals surface area contributed by atoms with Crippen molar-refractivity contribution in [2.45, 2.75) is 58.8 Å². The van der Waals surface area contributed by atoms with Gasteiger partial charge in [0.1, 0.15) is 0 Å². The third-order valence-corrected chi connectivity index (χ3v) is 5.73. The molecule has 0 amide bonds. The van der Waals surface area contributed by atoms with Gasteiger partial charge in [-0.25, -0.2) is 0 Å². The molecule has 0 heterocycles. The van der Waals surface area contributed by atoms with Crippen LogP contribution in [0.25, 0.3) is 0 Å². The van der Waals surface area contributed by atoms with Gasteiger partial charge >= 0.3 is 0 Å². The van der Waals surface area contributed by atoms with Crippen LogP contribution >= 0.6 is 0 Å². The van der Waals surface area contributed by atoms with Gasteiger partial charge in [0, 0.05) is 27.8 Å². The summed E-state index contributed by atoms with van der Waals surface area (Å²) in [6, 6.07) is 8.83. The number of aryl methyl sites for hydroxylation is 1. The van der Waals surface area contributed by atoms with E-state index in [1.807, 2.05) is 27.7 Å². The minimum atomic E-state index is -0.873. The fourth-order valence-electron chi connectivity index (χ4n) is 2.20. The van der Waals surface area contributed by atoms with Crippen LogP contribution in [0.2, 0.25) is 0 Å². The molecule has 0 spiro atoms. The highest BCUT2D eigenvalue weighted by Gasteiger charge is 2.18. The van der Waals surface area contributed by atoms with Crippen molar-refractivity contribution in [2.24, 2.45) is 4.99 Å². The maximum Gasteiger partial charge on any atom is 0.191 e. The Labute approximate surface area is 150 Å². The molecule has 2 unspecified atom stereocenters. The van der Waals surface area contributed by atoms with Crippen molar-refractivity contribution in [3.63, 3.8) is 0 Å². The molecule has 1 aromatic carbocycles. The molecule has 0 aliphatic heterocycles. The highest BCUT2D eigenvalue weighted by Crippen LogP contribution is 2.14. The lowest BCUT2D eigenvalue weighted by Crippen LogP contribution is -2.39. The second kappa shape index (κ2) is 9.82. The first-order chi connectivity index (χ1) is 11.3. The van der Waals surface area contributed by atoms with Crippen molar-refractivity contribution in [3.8, 4) is 0 Å². The zero-order chi connectivity index (χ0) is 18.2. The third kappa shape index (κ3) is 7.04. The first-order valence-corrected chi connectivity index (χ1v) is 10.1. The van der Waals surface area contributed by atoms with Gasteiger partial charge in [-0.2, -0.15) is 0 Å². The Hall–Kier alpha value is -1.36. The van der Waals surface area contributed by atoms with Crippen LogP contribution in [-0.2, 0) is 17.2 Å². The molecule has 0 aliphatic rings. The predicted octanol–water partition coefficient (Wildman–Crippen LogP) is 3.41.